The molecule has 1 N–H and O–H groups in total. The highest BCUT2D eigenvalue weighted by molar-refractivity contribution is 9.10. The normalized spacial score (nSPS) is 12.4. The monoisotopic (exact) mass is 292 g/mol. The molecule has 0 aromatic carbocycles. The van der Waals surface area contributed by atoms with Crippen molar-refractivity contribution in [3.05, 3.63) is 58.6 Å². The van der Waals surface area contributed by atoms with Gasteiger partial charge in [0.2, 0.25) is 0 Å². The summed E-state index contributed by atoms with van der Waals surface area (Å²) in [7, 11) is 0. The van der Waals surface area contributed by atoms with Gasteiger partial charge in [-0.3, -0.25) is 9.97 Å². The fourth-order valence-corrected chi connectivity index (χ4v) is 1.84. The van der Waals surface area contributed by atoms with Gasteiger partial charge in [0, 0.05) is 41.1 Å². The van der Waals surface area contributed by atoms with Gasteiger partial charge >= 0.3 is 0 Å². The van der Waals surface area contributed by atoms with Crippen LogP contribution in [-0.4, -0.2) is 21.2 Å². The van der Waals surface area contributed by atoms with Gasteiger partial charge in [-0.1, -0.05) is 6.07 Å². The number of halogens is 1. The van der Waals surface area contributed by atoms with Crippen molar-refractivity contribution in [3.8, 4) is 0 Å². The van der Waals surface area contributed by atoms with E-state index in [1.807, 2.05) is 30.3 Å². The molecule has 1 unspecified atom stereocenters. The molecule has 0 saturated carbocycles. The summed E-state index contributed by atoms with van der Waals surface area (Å²) in [4.78, 5) is 8.42. The Balaban J connectivity index is 1.93. The summed E-state index contributed by atoms with van der Waals surface area (Å²) in [5.74, 6) is 0. The molecule has 0 amide bonds. The Bertz CT molecular complexity index is 459. The van der Waals surface area contributed by atoms with Gasteiger partial charge in [0.15, 0.2) is 0 Å². The molecular formula is C13H13BrN2O. The first-order valence-electron chi connectivity index (χ1n) is 5.42. The van der Waals surface area contributed by atoms with Gasteiger partial charge in [0.25, 0.3) is 0 Å². The molecule has 0 bridgehead atoms. The van der Waals surface area contributed by atoms with Crippen molar-refractivity contribution in [3.63, 3.8) is 0 Å². The summed E-state index contributed by atoms with van der Waals surface area (Å²) in [5.41, 5.74) is 1.79. The number of rotatable bonds is 4. The first kappa shape index (κ1) is 12.2. The molecule has 2 aromatic rings. The maximum atomic E-state index is 9.93. The number of aliphatic hydroxyl groups is 1. The van der Waals surface area contributed by atoms with Crippen LogP contribution in [0.4, 0.5) is 0 Å². The van der Waals surface area contributed by atoms with Crippen LogP contribution in [0, 0.1) is 0 Å². The lowest BCUT2D eigenvalue weighted by Crippen LogP contribution is -2.15. The standard InChI is InChI=1S/C13H13BrN2O/c14-10-4-5-12(16-9-10)8-13(17)7-11-3-1-2-6-15-11/h1-6,9,13,17H,7-8H2. The third kappa shape index (κ3) is 3.91. The largest absolute Gasteiger partial charge is 0.392 e. The van der Waals surface area contributed by atoms with E-state index in [-0.39, 0.29) is 0 Å². The number of pyridine rings is 2. The van der Waals surface area contributed by atoms with Crippen LogP contribution in [0.2, 0.25) is 0 Å². The molecule has 0 aliphatic rings. The van der Waals surface area contributed by atoms with Crippen molar-refractivity contribution in [2.24, 2.45) is 0 Å². The van der Waals surface area contributed by atoms with E-state index in [1.165, 1.54) is 0 Å². The second kappa shape index (κ2) is 5.89. The number of aliphatic hydroxyl groups excluding tert-OH is 1. The maximum absolute atomic E-state index is 9.93. The molecule has 2 aromatic heterocycles. The predicted molar refractivity (Wildman–Crippen MR) is 69.6 cm³/mol. The van der Waals surface area contributed by atoms with E-state index in [2.05, 4.69) is 25.9 Å². The molecule has 0 saturated heterocycles. The van der Waals surface area contributed by atoms with Crippen molar-refractivity contribution < 1.29 is 5.11 Å². The van der Waals surface area contributed by atoms with Gasteiger partial charge in [-0.25, -0.2) is 0 Å². The molecule has 0 fully saturated rings. The highest BCUT2D eigenvalue weighted by Crippen LogP contribution is 2.10. The molecule has 2 rings (SSSR count). The van der Waals surface area contributed by atoms with E-state index < -0.39 is 6.10 Å². The van der Waals surface area contributed by atoms with Gasteiger partial charge in [0.05, 0.1) is 6.10 Å². The maximum Gasteiger partial charge on any atom is 0.0651 e. The average Bonchev–Trinajstić information content (AvgIpc) is 2.33. The van der Waals surface area contributed by atoms with E-state index in [4.69, 9.17) is 0 Å². The highest BCUT2D eigenvalue weighted by Gasteiger charge is 2.08. The topological polar surface area (TPSA) is 46.0 Å². The van der Waals surface area contributed by atoms with Crippen LogP contribution in [0.15, 0.2) is 47.2 Å². The third-order valence-electron chi connectivity index (χ3n) is 2.40. The minimum atomic E-state index is -0.446. The number of aromatic nitrogens is 2. The second-order valence-electron chi connectivity index (χ2n) is 3.85. The molecular weight excluding hydrogens is 280 g/mol. The van der Waals surface area contributed by atoms with E-state index in [1.54, 1.807) is 12.4 Å². The van der Waals surface area contributed by atoms with Crippen molar-refractivity contribution in [1.82, 2.24) is 9.97 Å². The molecule has 4 heteroatoms. The molecule has 88 valence electrons. The Morgan fingerprint density at radius 3 is 2.41 bits per heavy atom. The Kier molecular flexibility index (Phi) is 4.23. The zero-order valence-corrected chi connectivity index (χ0v) is 10.8. The fraction of sp³-hybridized carbons (Fsp3) is 0.231. The van der Waals surface area contributed by atoms with E-state index in [0.29, 0.717) is 12.8 Å². The summed E-state index contributed by atoms with van der Waals surface area (Å²) in [5, 5.41) is 9.93. The first-order valence-corrected chi connectivity index (χ1v) is 6.22. The van der Waals surface area contributed by atoms with E-state index in [9.17, 15) is 5.11 Å². The average molecular weight is 293 g/mol. The van der Waals surface area contributed by atoms with Gasteiger partial charge in [-0.15, -0.1) is 0 Å². The number of nitrogens with zero attached hydrogens (tertiary/aromatic N) is 2. The lowest BCUT2D eigenvalue weighted by Gasteiger charge is -2.09. The fourth-order valence-electron chi connectivity index (χ4n) is 1.60. The minimum absolute atomic E-state index is 0.446. The van der Waals surface area contributed by atoms with Crippen molar-refractivity contribution in [2.75, 3.05) is 0 Å². The Morgan fingerprint density at radius 2 is 1.82 bits per heavy atom. The van der Waals surface area contributed by atoms with Crippen LogP contribution in [0.25, 0.3) is 0 Å². The Labute approximate surface area is 109 Å². The Hall–Kier alpha value is -1.26. The number of hydrogen-bond acceptors (Lipinski definition) is 3. The first-order chi connectivity index (χ1) is 8.24. The zero-order chi connectivity index (χ0) is 12.1. The SMILES string of the molecule is OC(Cc1ccccn1)Cc1ccc(Br)cn1. The quantitative estimate of drug-likeness (QED) is 0.941. The summed E-state index contributed by atoms with van der Waals surface area (Å²) in [6.07, 6.45) is 4.13. The van der Waals surface area contributed by atoms with Crippen LogP contribution in [0.3, 0.4) is 0 Å². The molecule has 1 atom stereocenters. The van der Waals surface area contributed by atoms with Crippen LogP contribution in [0.1, 0.15) is 11.4 Å². The lowest BCUT2D eigenvalue weighted by molar-refractivity contribution is 0.173. The van der Waals surface area contributed by atoms with Gasteiger partial charge in [-0.2, -0.15) is 0 Å². The summed E-state index contributed by atoms with van der Waals surface area (Å²) < 4.78 is 0.945. The van der Waals surface area contributed by atoms with Crippen LogP contribution in [0.5, 0.6) is 0 Å². The molecule has 17 heavy (non-hydrogen) atoms. The van der Waals surface area contributed by atoms with Gasteiger partial charge in [0.1, 0.15) is 0 Å². The molecule has 0 spiro atoms. The molecule has 0 aliphatic carbocycles. The summed E-state index contributed by atoms with van der Waals surface area (Å²) >= 11 is 3.33. The lowest BCUT2D eigenvalue weighted by atomic mass is 10.1. The van der Waals surface area contributed by atoms with Crippen LogP contribution in [-0.2, 0) is 12.8 Å². The zero-order valence-electron chi connectivity index (χ0n) is 9.25. The van der Waals surface area contributed by atoms with E-state index >= 15 is 0 Å². The molecule has 0 aliphatic heterocycles. The van der Waals surface area contributed by atoms with Crippen molar-refractivity contribution in [1.29, 1.82) is 0 Å². The highest BCUT2D eigenvalue weighted by atomic mass is 79.9. The second-order valence-corrected chi connectivity index (χ2v) is 4.77. The summed E-state index contributed by atoms with van der Waals surface area (Å²) in [6.45, 7) is 0. The third-order valence-corrected chi connectivity index (χ3v) is 2.87. The molecule has 2 heterocycles. The molecule has 3 nitrogen and oxygen atoms in total. The smallest absolute Gasteiger partial charge is 0.0651 e. The van der Waals surface area contributed by atoms with Gasteiger partial charge < -0.3 is 5.11 Å². The van der Waals surface area contributed by atoms with E-state index in [0.717, 1.165) is 15.9 Å². The van der Waals surface area contributed by atoms with Crippen molar-refractivity contribution in [2.45, 2.75) is 18.9 Å². The number of hydrogen-bond donors (Lipinski definition) is 1. The Morgan fingerprint density at radius 1 is 1.06 bits per heavy atom. The van der Waals surface area contributed by atoms with Crippen molar-refractivity contribution >= 4 is 15.9 Å². The van der Waals surface area contributed by atoms with Crippen LogP contribution < -0.4 is 0 Å². The van der Waals surface area contributed by atoms with Crippen LogP contribution >= 0.6 is 15.9 Å². The van der Waals surface area contributed by atoms with Gasteiger partial charge in [-0.05, 0) is 40.2 Å². The summed E-state index contributed by atoms with van der Waals surface area (Å²) in [6, 6.07) is 9.54. The molecule has 0 radical (unpaired) electrons. The minimum Gasteiger partial charge on any atom is -0.392 e. The predicted octanol–water partition coefficient (Wildman–Crippen LogP) is 2.39.